The van der Waals surface area contributed by atoms with Gasteiger partial charge in [0.2, 0.25) is 0 Å². The minimum atomic E-state index is -0.988. The van der Waals surface area contributed by atoms with Crippen LogP contribution < -0.4 is 9.47 Å². The number of ether oxygens (including phenoxy) is 2. The molecule has 0 spiro atoms. The van der Waals surface area contributed by atoms with Crippen LogP contribution in [0.1, 0.15) is 29.6 Å². The number of aromatic nitrogens is 2. The second-order valence-corrected chi connectivity index (χ2v) is 7.38. The summed E-state index contributed by atoms with van der Waals surface area (Å²) in [6, 6.07) is 13.0. The average molecular weight is 441 g/mol. The van der Waals surface area contributed by atoms with Crippen molar-refractivity contribution >= 4 is 23.6 Å². The van der Waals surface area contributed by atoms with Gasteiger partial charge in [-0.15, -0.1) is 0 Å². The highest BCUT2D eigenvalue weighted by Gasteiger charge is 2.15. The molecule has 0 aliphatic heterocycles. The zero-order valence-electron chi connectivity index (χ0n) is 17.8. The molecule has 0 saturated carbocycles. The molecular weight excluding hydrogens is 416 g/mol. The molecule has 2 aromatic carbocycles. The van der Waals surface area contributed by atoms with Crippen LogP contribution >= 0.6 is 11.6 Å². The topological polar surface area (TPSA) is 73.6 Å². The number of carbonyl (C=O) groups is 1. The van der Waals surface area contributed by atoms with Gasteiger partial charge in [-0.2, -0.15) is 0 Å². The number of methoxy groups -OCH3 is 2. The number of carboxylic acid groups (broad SMARTS) is 1. The molecule has 0 aliphatic carbocycles. The Morgan fingerprint density at radius 2 is 1.90 bits per heavy atom. The molecule has 0 amide bonds. The second kappa shape index (κ2) is 10.2. The monoisotopic (exact) mass is 440 g/mol. The van der Waals surface area contributed by atoms with Crippen LogP contribution in [0.3, 0.4) is 0 Å². The van der Waals surface area contributed by atoms with Gasteiger partial charge in [-0.1, -0.05) is 42.8 Å². The third-order valence-corrected chi connectivity index (χ3v) is 5.38. The van der Waals surface area contributed by atoms with Gasteiger partial charge in [0.1, 0.15) is 5.82 Å². The Balaban J connectivity index is 1.97. The highest BCUT2D eigenvalue weighted by molar-refractivity contribution is 6.31. The van der Waals surface area contributed by atoms with E-state index in [0.29, 0.717) is 23.1 Å². The largest absolute Gasteiger partial charge is 0.493 e. The highest BCUT2D eigenvalue weighted by Crippen LogP contribution is 2.29. The van der Waals surface area contributed by atoms with Crippen LogP contribution in [0.15, 0.2) is 54.2 Å². The van der Waals surface area contributed by atoms with Crippen molar-refractivity contribution in [3.63, 3.8) is 0 Å². The van der Waals surface area contributed by atoms with Crippen LogP contribution in [-0.4, -0.2) is 34.8 Å². The summed E-state index contributed by atoms with van der Waals surface area (Å²) < 4.78 is 12.6. The van der Waals surface area contributed by atoms with Crippen molar-refractivity contribution in [2.75, 3.05) is 14.2 Å². The van der Waals surface area contributed by atoms with Gasteiger partial charge < -0.3 is 19.1 Å². The van der Waals surface area contributed by atoms with E-state index in [-0.39, 0.29) is 12.0 Å². The summed E-state index contributed by atoms with van der Waals surface area (Å²) in [7, 11) is 3.11. The number of rotatable bonds is 9. The first-order chi connectivity index (χ1) is 15.0. The van der Waals surface area contributed by atoms with E-state index in [1.54, 1.807) is 38.6 Å². The first-order valence-corrected chi connectivity index (χ1v) is 10.3. The Hall–Kier alpha value is -3.25. The maximum Gasteiger partial charge on any atom is 0.331 e. The molecule has 0 fully saturated rings. The Morgan fingerprint density at radius 3 is 2.55 bits per heavy atom. The lowest BCUT2D eigenvalue weighted by molar-refractivity contribution is -0.132. The first kappa shape index (κ1) is 22.4. The molecule has 0 aliphatic rings. The van der Waals surface area contributed by atoms with Gasteiger partial charge in [-0.3, -0.25) is 0 Å². The predicted octanol–water partition coefficient (Wildman–Crippen LogP) is 4.88. The SMILES string of the molecule is CCc1ncc(C=C(Cc2ccc(OC)c(OC)c2)C(=O)O)n1Cc1ccccc1Cl. The molecule has 3 rings (SSSR count). The fourth-order valence-corrected chi connectivity index (χ4v) is 3.58. The summed E-state index contributed by atoms with van der Waals surface area (Å²) in [6.07, 6.45) is 4.32. The maximum atomic E-state index is 12.0. The molecule has 0 atom stereocenters. The minimum Gasteiger partial charge on any atom is -0.493 e. The van der Waals surface area contributed by atoms with E-state index in [9.17, 15) is 9.90 Å². The quantitative estimate of drug-likeness (QED) is 0.480. The molecule has 3 aromatic rings. The highest BCUT2D eigenvalue weighted by atomic mass is 35.5. The molecule has 162 valence electrons. The lowest BCUT2D eigenvalue weighted by atomic mass is 10.0. The summed E-state index contributed by atoms with van der Waals surface area (Å²) in [6.45, 7) is 2.53. The van der Waals surface area contributed by atoms with Crippen molar-refractivity contribution in [1.82, 2.24) is 9.55 Å². The number of aryl methyl sites for hydroxylation is 1. The zero-order chi connectivity index (χ0) is 22.4. The van der Waals surface area contributed by atoms with E-state index >= 15 is 0 Å². The molecule has 1 heterocycles. The fourth-order valence-electron chi connectivity index (χ4n) is 3.38. The number of hydrogen-bond acceptors (Lipinski definition) is 4. The molecule has 1 N–H and O–H groups in total. The molecule has 1 aromatic heterocycles. The van der Waals surface area contributed by atoms with Crippen molar-refractivity contribution in [3.8, 4) is 11.5 Å². The third kappa shape index (κ3) is 5.27. The van der Waals surface area contributed by atoms with E-state index in [2.05, 4.69) is 4.98 Å². The summed E-state index contributed by atoms with van der Waals surface area (Å²) >= 11 is 6.34. The van der Waals surface area contributed by atoms with Gasteiger partial charge >= 0.3 is 5.97 Å². The number of carboxylic acids is 1. The van der Waals surface area contributed by atoms with Crippen molar-refractivity contribution < 1.29 is 19.4 Å². The van der Waals surface area contributed by atoms with Crippen molar-refractivity contribution in [2.24, 2.45) is 0 Å². The van der Waals surface area contributed by atoms with Crippen LogP contribution in [-0.2, 0) is 24.2 Å². The van der Waals surface area contributed by atoms with Gasteiger partial charge in [-0.05, 0) is 35.4 Å². The summed E-state index contributed by atoms with van der Waals surface area (Å²) in [5.74, 6) is 1.03. The van der Waals surface area contributed by atoms with Crippen LogP contribution in [0, 0.1) is 0 Å². The van der Waals surface area contributed by atoms with Gasteiger partial charge in [0.05, 0.1) is 32.7 Å². The standard InChI is InChI=1S/C24H25ClN2O4/c1-4-23-26-14-19(27(23)15-17-7-5-6-8-20(17)25)13-18(24(28)29)11-16-9-10-21(30-2)22(12-16)31-3/h5-10,12-14H,4,11,15H2,1-3H3,(H,28,29). The van der Waals surface area contributed by atoms with Crippen LogP contribution in [0.4, 0.5) is 0 Å². The number of imidazole rings is 1. The molecular formula is C24H25ClN2O4. The Morgan fingerprint density at radius 1 is 1.16 bits per heavy atom. The smallest absolute Gasteiger partial charge is 0.331 e. The predicted molar refractivity (Wildman–Crippen MR) is 121 cm³/mol. The number of nitrogens with zero attached hydrogens (tertiary/aromatic N) is 2. The van der Waals surface area contributed by atoms with Gasteiger partial charge in [0.25, 0.3) is 0 Å². The van der Waals surface area contributed by atoms with Crippen LogP contribution in [0.5, 0.6) is 11.5 Å². The average Bonchev–Trinajstić information content (AvgIpc) is 3.15. The molecule has 0 bridgehead atoms. The molecule has 6 nitrogen and oxygen atoms in total. The fraction of sp³-hybridized carbons (Fsp3) is 0.250. The summed E-state index contributed by atoms with van der Waals surface area (Å²) in [5.41, 5.74) is 2.72. The molecule has 31 heavy (non-hydrogen) atoms. The number of benzene rings is 2. The number of aliphatic carboxylic acids is 1. The van der Waals surface area contributed by atoms with E-state index in [0.717, 1.165) is 29.1 Å². The van der Waals surface area contributed by atoms with Crippen molar-refractivity contribution in [3.05, 3.63) is 81.9 Å². The normalized spacial score (nSPS) is 11.4. The Kier molecular flexibility index (Phi) is 7.36. The van der Waals surface area contributed by atoms with Crippen LogP contribution in [0.2, 0.25) is 5.02 Å². The Bertz CT molecular complexity index is 1100. The van der Waals surface area contributed by atoms with Crippen LogP contribution in [0.25, 0.3) is 6.08 Å². The third-order valence-electron chi connectivity index (χ3n) is 5.01. The molecule has 7 heteroatoms. The lowest BCUT2D eigenvalue weighted by Crippen LogP contribution is -2.09. The van der Waals surface area contributed by atoms with E-state index in [4.69, 9.17) is 21.1 Å². The maximum absolute atomic E-state index is 12.0. The first-order valence-electron chi connectivity index (χ1n) is 9.89. The van der Waals surface area contributed by atoms with Gasteiger partial charge in [0, 0.05) is 23.4 Å². The summed E-state index contributed by atoms with van der Waals surface area (Å²) in [5, 5.41) is 10.5. The number of hydrogen-bond donors (Lipinski definition) is 1. The van der Waals surface area contributed by atoms with Gasteiger partial charge in [-0.25, -0.2) is 9.78 Å². The van der Waals surface area contributed by atoms with E-state index in [1.165, 1.54) is 0 Å². The molecule has 0 unspecified atom stereocenters. The zero-order valence-corrected chi connectivity index (χ0v) is 18.5. The summed E-state index contributed by atoms with van der Waals surface area (Å²) in [4.78, 5) is 16.5. The van der Waals surface area contributed by atoms with E-state index in [1.807, 2.05) is 41.8 Å². The molecule has 0 saturated heterocycles. The number of halogens is 1. The second-order valence-electron chi connectivity index (χ2n) is 6.97. The minimum absolute atomic E-state index is 0.231. The Labute approximate surface area is 186 Å². The van der Waals surface area contributed by atoms with Gasteiger partial charge in [0.15, 0.2) is 11.5 Å². The lowest BCUT2D eigenvalue weighted by Gasteiger charge is -2.12. The van der Waals surface area contributed by atoms with E-state index < -0.39 is 5.97 Å². The molecule has 0 radical (unpaired) electrons. The van der Waals surface area contributed by atoms with Crippen molar-refractivity contribution in [1.29, 1.82) is 0 Å². The van der Waals surface area contributed by atoms with Crippen molar-refractivity contribution in [2.45, 2.75) is 26.3 Å².